The summed E-state index contributed by atoms with van der Waals surface area (Å²) in [5, 5.41) is 13.1. The van der Waals surface area contributed by atoms with Crippen LogP contribution in [0.1, 0.15) is 37.0 Å². The maximum atomic E-state index is 14.0. The molecule has 2 aromatic rings. The molecule has 166 valence electrons. The van der Waals surface area contributed by atoms with Gasteiger partial charge in [0, 0.05) is 37.0 Å². The first-order valence-corrected chi connectivity index (χ1v) is 11.0. The molecule has 1 saturated heterocycles. The fraction of sp³-hybridized carbons (Fsp3) is 0.423. The molecule has 3 rings (SSSR count). The third kappa shape index (κ3) is 6.02. The van der Waals surface area contributed by atoms with E-state index in [0.717, 1.165) is 66.1 Å². The molecule has 1 unspecified atom stereocenters. The van der Waals surface area contributed by atoms with Crippen LogP contribution in [0.5, 0.6) is 5.75 Å². The molecular formula is C26H34FN3O. The number of rotatable bonds is 9. The van der Waals surface area contributed by atoms with Crippen LogP contribution >= 0.6 is 0 Å². The van der Waals surface area contributed by atoms with Crippen molar-refractivity contribution in [3.05, 3.63) is 65.1 Å². The lowest BCUT2D eigenvalue weighted by Crippen LogP contribution is -2.49. The van der Waals surface area contributed by atoms with Crippen LogP contribution in [0, 0.1) is 12.7 Å². The molecule has 1 aliphatic heterocycles. The summed E-state index contributed by atoms with van der Waals surface area (Å²) in [4.78, 5) is 6.98. The number of hydrogen-bond acceptors (Lipinski definition) is 4. The minimum Gasteiger partial charge on any atom is -0.505 e. The van der Waals surface area contributed by atoms with Crippen molar-refractivity contribution in [3.63, 3.8) is 0 Å². The Labute approximate surface area is 185 Å². The van der Waals surface area contributed by atoms with Crippen molar-refractivity contribution in [1.29, 1.82) is 0 Å². The van der Waals surface area contributed by atoms with Gasteiger partial charge in [0.2, 0.25) is 0 Å². The zero-order chi connectivity index (χ0) is 22.5. The Bertz CT molecular complexity index is 979. The summed E-state index contributed by atoms with van der Waals surface area (Å²) >= 11 is 0. The average molecular weight is 424 g/mol. The number of halogens is 1. The number of nitrogens with zero attached hydrogens (tertiary/aromatic N) is 2. The highest BCUT2D eigenvalue weighted by atomic mass is 19.1. The molecule has 2 aromatic carbocycles. The van der Waals surface area contributed by atoms with Crippen molar-refractivity contribution >= 4 is 5.71 Å². The number of aromatic hydroxyl groups is 1. The van der Waals surface area contributed by atoms with Crippen LogP contribution in [-0.4, -0.2) is 48.4 Å². The number of phenolic OH excluding ortho intramolecular Hbond substituents is 1. The van der Waals surface area contributed by atoms with Gasteiger partial charge in [-0.3, -0.25) is 9.89 Å². The van der Waals surface area contributed by atoms with Gasteiger partial charge in [-0.15, -0.1) is 0 Å². The van der Waals surface area contributed by atoms with E-state index in [0.29, 0.717) is 6.04 Å². The molecule has 0 amide bonds. The fourth-order valence-corrected chi connectivity index (χ4v) is 4.11. The molecule has 31 heavy (non-hydrogen) atoms. The van der Waals surface area contributed by atoms with E-state index >= 15 is 0 Å². The summed E-state index contributed by atoms with van der Waals surface area (Å²) in [6, 6.07) is 9.74. The molecule has 1 atom stereocenters. The van der Waals surface area contributed by atoms with Gasteiger partial charge in [0.25, 0.3) is 0 Å². The van der Waals surface area contributed by atoms with Gasteiger partial charge < -0.3 is 10.4 Å². The number of likely N-dealkylation sites (N-methyl/N-ethyl adjacent to an activating group) is 1. The van der Waals surface area contributed by atoms with E-state index in [1.54, 1.807) is 0 Å². The first-order chi connectivity index (χ1) is 14.8. The first kappa shape index (κ1) is 23.2. The summed E-state index contributed by atoms with van der Waals surface area (Å²) in [5.74, 6) is -0.885. The molecule has 0 spiro atoms. The molecule has 0 aromatic heterocycles. The van der Waals surface area contributed by atoms with E-state index in [1.165, 1.54) is 24.1 Å². The zero-order valence-electron chi connectivity index (χ0n) is 19.1. The largest absolute Gasteiger partial charge is 0.505 e. The van der Waals surface area contributed by atoms with E-state index in [1.807, 2.05) is 19.9 Å². The van der Waals surface area contributed by atoms with Gasteiger partial charge in [0.05, 0.1) is 0 Å². The summed E-state index contributed by atoms with van der Waals surface area (Å²) in [6.07, 6.45) is 2.72. The summed E-state index contributed by atoms with van der Waals surface area (Å²) in [5.41, 5.74) is 6.96. The lowest BCUT2D eigenvalue weighted by molar-refractivity contribution is 0.253. The van der Waals surface area contributed by atoms with Gasteiger partial charge in [0.1, 0.15) is 0 Å². The smallest absolute Gasteiger partial charge is 0.165 e. The standard InChI is InChI=1S/C26H34FN3O/c1-6-20-13-26(31)25(27)14-24(20)22-8-7-21(17(2)11-22)12-18(3)29-19(4)15-30(5)16-23-9-10-28-23/h7-8,11,13-14,23,28,31H,4,6,9-10,12,15-16H2,1-3,5H3. The van der Waals surface area contributed by atoms with Crippen LogP contribution in [-0.2, 0) is 12.8 Å². The van der Waals surface area contributed by atoms with Gasteiger partial charge in [-0.25, -0.2) is 4.39 Å². The van der Waals surface area contributed by atoms with E-state index in [2.05, 4.69) is 42.9 Å². The fourth-order valence-electron chi connectivity index (χ4n) is 4.11. The predicted octanol–water partition coefficient (Wildman–Crippen LogP) is 4.88. The van der Waals surface area contributed by atoms with Crippen molar-refractivity contribution < 1.29 is 9.50 Å². The lowest BCUT2D eigenvalue weighted by Gasteiger charge is -2.31. The minimum atomic E-state index is -0.589. The SMILES string of the molecule is C=C(CN(C)CC1CCN1)N=C(C)Cc1ccc(-c2cc(F)c(O)cc2CC)cc1C. The highest BCUT2D eigenvalue weighted by molar-refractivity contribution is 5.85. The van der Waals surface area contributed by atoms with Crippen LogP contribution in [0.4, 0.5) is 4.39 Å². The highest BCUT2D eigenvalue weighted by Gasteiger charge is 2.18. The van der Waals surface area contributed by atoms with Gasteiger partial charge in [-0.05, 0) is 80.2 Å². The van der Waals surface area contributed by atoms with Crippen LogP contribution in [0.2, 0.25) is 0 Å². The van der Waals surface area contributed by atoms with Gasteiger partial charge >= 0.3 is 0 Å². The van der Waals surface area contributed by atoms with Crippen LogP contribution in [0.25, 0.3) is 11.1 Å². The Morgan fingerprint density at radius 3 is 2.65 bits per heavy atom. The number of aliphatic imine (C=N–C) groups is 1. The average Bonchev–Trinajstić information content (AvgIpc) is 2.68. The van der Waals surface area contributed by atoms with Gasteiger partial charge in [0.15, 0.2) is 11.6 Å². The third-order valence-electron chi connectivity index (χ3n) is 5.91. The van der Waals surface area contributed by atoms with Gasteiger partial charge in [-0.2, -0.15) is 0 Å². The Morgan fingerprint density at radius 1 is 1.29 bits per heavy atom. The monoisotopic (exact) mass is 423 g/mol. The molecule has 4 nitrogen and oxygen atoms in total. The number of aryl methyl sites for hydroxylation is 2. The Kier molecular flexibility index (Phi) is 7.63. The summed E-state index contributed by atoms with van der Waals surface area (Å²) < 4.78 is 14.0. The van der Waals surface area contributed by atoms with E-state index in [4.69, 9.17) is 4.99 Å². The molecule has 2 N–H and O–H groups in total. The molecule has 0 saturated carbocycles. The van der Waals surface area contributed by atoms with E-state index in [-0.39, 0.29) is 5.75 Å². The highest BCUT2D eigenvalue weighted by Crippen LogP contribution is 2.31. The lowest BCUT2D eigenvalue weighted by atomic mass is 9.93. The predicted molar refractivity (Wildman–Crippen MR) is 127 cm³/mol. The topological polar surface area (TPSA) is 47.9 Å². The maximum absolute atomic E-state index is 14.0. The minimum absolute atomic E-state index is 0.296. The van der Waals surface area contributed by atoms with Crippen molar-refractivity contribution in [2.45, 2.75) is 46.1 Å². The number of benzene rings is 2. The zero-order valence-corrected chi connectivity index (χ0v) is 19.1. The molecule has 5 heteroatoms. The van der Waals surface area contributed by atoms with Crippen molar-refractivity contribution in [3.8, 4) is 16.9 Å². The third-order valence-corrected chi connectivity index (χ3v) is 5.91. The van der Waals surface area contributed by atoms with Gasteiger partial charge in [-0.1, -0.05) is 31.7 Å². The molecule has 0 radical (unpaired) electrons. The second-order valence-corrected chi connectivity index (χ2v) is 8.68. The van der Waals surface area contributed by atoms with Crippen molar-refractivity contribution in [2.24, 2.45) is 4.99 Å². The molecule has 0 bridgehead atoms. The van der Waals surface area contributed by atoms with Crippen molar-refractivity contribution in [1.82, 2.24) is 10.2 Å². The molecule has 1 heterocycles. The van der Waals surface area contributed by atoms with Crippen LogP contribution < -0.4 is 5.32 Å². The second-order valence-electron chi connectivity index (χ2n) is 8.68. The Balaban J connectivity index is 1.68. The van der Waals surface area contributed by atoms with E-state index in [9.17, 15) is 9.50 Å². The van der Waals surface area contributed by atoms with E-state index < -0.39 is 5.82 Å². The Morgan fingerprint density at radius 2 is 2.03 bits per heavy atom. The molecule has 1 aliphatic rings. The quantitative estimate of drug-likeness (QED) is 0.565. The molecular weight excluding hydrogens is 389 g/mol. The molecule has 1 fully saturated rings. The Hall–Kier alpha value is -2.50. The first-order valence-electron chi connectivity index (χ1n) is 11.0. The van der Waals surface area contributed by atoms with Crippen LogP contribution in [0.3, 0.4) is 0 Å². The van der Waals surface area contributed by atoms with Crippen molar-refractivity contribution in [2.75, 3.05) is 26.7 Å². The van der Waals surface area contributed by atoms with Crippen LogP contribution in [0.15, 0.2) is 47.6 Å². The number of nitrogens with one attached hydrogen (secondary N) is 1. The maximum Gasteiger partial charge on any atom is 0.165 e. The second kappa shape index (κ2) is 10.2. The summed E-state index contributed by atoms with van der Waals surface area (Å²) in [7, 11) is 2.11. The molecule has 0 aliphatic carbocycles. The normalized spacial score (nSPS) is 16.5. The number of phenols is 1. The summed E-state index contributed by atoms with van der Waals surface area (Å²) in [6.45, 7) is 13.2. The number of hydrogen-bond donors (Lipinski definition) is 2.